The van der Waals surface area contributed by atoms with E-state index in [-0.39, 0.29) is 74.4 Å². The molecule has 4 rings (SSSR count). The number of ether oxygens (including phenoxy) is 6. The molecule has 0 amide bonds. The fraction of sp³-hybridized carbons (Fsp3) is 0.882. The molecule has 0 aromatic carbocycles. The van der Waals surface area contributed by atoms with Crippen molar-refractivity contribution in [1.29, 1.82) is 0 Å². The van der Waals surface area contributed by atoms with E-state index >= 15 is 0 Å². The van der Waals surface area contributed by atoms with Gasteiger partial charge in [-0.1, -0.05) is 0 Å². The minimum absolute atomic E-state index is 0.104. The molecule has 0 aliphatic carbocycles. The van der Waals surface area contributed by atoms with Crippen molar-refractivity contribution >= 4 is 11.9 Å². The highest BCUT2D eigenvalue weighted by atomic mass is 16.5. The van der Waals surface area contributed by atoms with E-state index in [1.54, 1.807) is 0 Å². The van der Waals surface area contributed by atoms with Gasteiger partial charge in [0, 0.05) is 77.4 Å². The van der Waals surface area contributed by atoms with Gasteiger partial charge < -0.3 is 28.4 Å². The number of nitrogens with zero attached hydrogens (tertiary/aromatic N) is 4. The average Bonchev–Trinajstić information content (AvgIpc) is 2.94. The molecule has 0 aromatic rings. The molecule has 0 spiro atoms. The van der Waals surface area contributed by atoms with Gasteiger partial charge in [-0.25, -0.2) is 9.59 Å². The van der Waals surface area contributed by atoms with Gasteiger partial charge in [-0.15, -0.1) is 0 Å². The molecule has 4 aliphatic rings. The van der Waals surface area contributed by atoms with Gasteiger partial charge in [0.2, 0.25) is 0 Å². The SMILES string of the molecule is CC1CN(C(CCOC(=O)/C=C/C(=O)OCCC(N2CC(C)OC(C)C2)N2CC(C)OC(C)C2)N2CC(C)OC(C)C2)CC(C)O1. The number of esters is 2. The van der Waals surface area contributed by atoms with Crippen molar-refractivity contribution in [3.63, 3.8) is 0 Å². The van der Waals surface area contributed by atoms with Crippen molar-refractivity contribution in [1.82, 2.24) is 19.6 Å². The molecular formula is C34H60N4O8. The Balaban J connectivity index is 1.26. The first-order valence-corrected chi connectivity index (χ1v) is 17.5. The Hall–Kier alpha value is -1.64. The number of hydrogen-bond donors (Lipinski definition) is 0. The normalized spacial score (nSPS) is 35.6. The highest BCUT2D eigenvalue weighted by Crippen LogP contribution is 2.24. The molecule has 4 heterocycles. The van der Waals surface area contributed by atoms with Crippen LogP contribution in [0.4, 0.5) is 0 Å². The lowest BCUT2D eigenvalue weighted by atomic mass is 10.1. The Morgan fingerprint density at radius 3 is 0.935 bits per heavy atom. The van der Waals surface area contributed by atoms with Crippen LogP contribution in [0.3, 0.4) is 0 Å². The number of hydrogen-bond acceptors (Lipinski definition) is 12. The van der Waals surface area contributed by atoms with Gasteiger partial charge in [0.15, 0.2) is 0 Å². The van der Waals surface area contributed by atoms with E-state index in [0.29, 0.717) is 12.8 Å². The van der Waals surface area contributed by atoms with Gasteiger partial charge in [-0.3, -0.25) is 19.6 Å². The first-order valence-electron chi connectivity index (χ1n) is 17.5. The summed E-state index contributed by atoms with van der Waals surface area (Å²) in [6, 6.07) is 0. The van der Waals surface area contributed by atoms with Crippen molar-refractivity contribution in [3.8, 4) is 0 Å². The maximum absolute atomic E-state index is 12.6. The van der Waals surface area contributed by atoms with E-state index < -0.39 is 11.9 Å². The van der Waals surface area contributed by atoms with Gasteiger partial charge in [-0.2, -0.15) is 0 Å². The van der Waals surface area contributed by atoms with Gasteiger partial charge in [0.05, 0.1) is 74.4 Å². The van der Waals surface area contributed by atoms with E-state index in [1.807, 2.05) is 0 Å². The topological polar surface area (TPSA) is 102 Å². The molecule has 4 aliphatic heterocycles. The molecule has 0 aromatic heterocycles. The predicted octanol–water partition coefficient (Wildman–Crippen LogP) is 2.50. The quantitative estimate of drug-likeness (QED) is 0.229. The fourth-order valence-electron chi connectivity index (χ4n) is 7.80. The Morgan fingerprint density at radius 1 is 0.500 bits per heavy atom. The minimum atomic E-state index is -0.548. The largest absolute Gasteiger partial charge is 0.462 e. The van der Waals surface area contributed by atoms with Crippen molar-refractivity contribution in [2.75, 3.05) is 65.6 Å². The summed E-state index contributed by atoms with van der Waals surface area (Å²) in [7, 11) is 0. The third-order valence-electron chi connectivity index (χ3n) is 9.07. The third-order valence-corrected chi connectivity index (χ3v) is 9.07. The van der Waals surface area contributed by atoms with E-state index in [9.17, 15) is 9.59 Å². The molecule has 0 N–H and O–H groups in total. The number of rotatable bonds is 12. The molecule has 0 bridgehead atoms. The van der Waals surface area contributed by atoms with Gasteiger partial charge in [0.25, 0.3) is 0 Å². The molecule has 264 valence electrons. The molecule has 12 heteroatoms. The molecule has 0 saturated carbocycles. The molecule has 12 nitrogen and oxygen atoms in total. The van der Waals surface area contributed by atoms with Crippen molar-refractivity contribution in [3.05, 3.63) is 12.2 Å². The van der Waals surface area contributed by atoms with Crippen LogP contribution in [0.5, 0.6) is 0 Å². The summed E-state index contributed by atoms with van der Waals surface area (Å²) < 4.78 is 35.0. The van der Waals surface area contributed by atoms with Crippen LogP contribution in [0.25, 0.3) is 0 Å². The lowest BCUT2D eigenvalue weighted by Crippen LogP contribution is -2.60. The first-order chi connectivity index (χ1) is 21.9. The molecule has 4 fully saturated rings. The van der Waals surface area contributed by atoms with Crippen LogP contribution in [0.15, 0.2) is 12.2 Å². The highest BCUT2D eigenvalue weighted by molar-refractivity contribution is 5.91. The smallest absolute Gasteiger partial charge is 0.331 e. The van der Waals surface area contributed by atoms with Crippen molar-refractivity contribution < 1.29 is 38.0 Å². The Kier molecular flexibility index (Phi) is 14.3. The lowest BCUT2D eigenvalue weighted by molar-refractivity contribution is -0.150. The van der Waals surface area contributed by atoms with Gasteiger partial charge in [0.1, 0.15) is 0 Å². The molecule has 4 saturated heterocycles. The minimum Gasteiger partial charge on any atom is -0.462 e. The average molecular weight is 653 g/mol. The molecule has 8 unspecified atom stereocenters. The monoisotopic (exact) mass is 652 g/mol. The second-order valence-corrected chi connectivity index (χ2v) is 14.1. The van der Waals surface area contributed by atoms with Gasteiger partial charge >= 0.3 is 11.9 Å². The van der Waals surface area contributed by atoms with Crippen LogP contribution < -0.4 is 0 Å². The summed E-state index contributed by atoms with van der Waals surface area (Å²) in [5, 5.41) is 0. The third kappa shape index (κ3) is 11.5. The van der Waals surface area contributed by atoms with E-state index in [4.69, 9.17) is 28.4 Å². The summed E-state index contributed by atoms with van der Waals surface area (Å²) in [6.07, 6.45) is 4.94. The van der Waals surface area contributed by atoms with Crippen LogP contribution in [0.1, 0.15) is 68.2 Å². The number of carbonyl (C=O) groups excluding carboxylic acids is 2. The standard InChI is InChI=1S/C34H60N4O8/c1-23-15-35(16-24(2)43-23)31(36-17-25(3)44-26(4)18-36)11-13-41-33(39)9-10-34(40)42-14-12-32(37-19-27(5)45-28(6)20-37)38-21-29(7)46-30(8)22-38/h9-10,23-32H,11-22H2,1-8H3/b10-9+. The molecule has 0 radical (unpaired) electrons. The maximum atomic E-state index is 12.6. The zero-order valence-electron chi connectivity index (χ0n) is 29.5. The zero-order valence-corrected chi connectivity index (χ0v) is 29.5. The number of morpholine rings is 4. The van der Waals surface area contributed by atoms with Crippen molar-refractivity contribution in [2.45, 2.75) is 129 Å². The van der Waals surface area contributed by atoms with Crippen LogP contribution in [0, 0.1) is 0 Å². The Labute approximate surface area is 276 Å². The Morgan fingerprint density at radius 2 is 0.717 bits per heavy atom. The summed E-state index contributed by atoms with van der Waals surface area (Å²) in [5.41, 5.74) is 0. The predicted molar refractivity (Wildman–Crippen MR) is 174 cm³/mol. The fourth-order valence-corrected chi connectivity index (χ4v) is 7.80. The van der Waals surface area contributed by atoms with Crippen LogP contribution >= 0.6 is 0 Å². The number of carbonyl (C=O) groups is 2. The molecule has 8 atom stereocenters. The zero-order chi connectivity index (χ0) is 33.4. The van der Waals surface area contributed by atoms with Gasteiger partial charge in [-0.05, 0) is 55.4 Å². The van der Waals surface area contributed by atoms with Crippen LogP contribution in [-0.2, 0) is 38.0 Å². The Bertz CT molecular complexity index is 834. The lowest BCUT2D eigenvalue weighted by Gasteiger charge is -2.47. The summed E-state index contributed by atoms with van der Waals surface area (Å²) in [4.78, 5) is 34.9. The second kappa shape index (κ2) is 17.7. The second-order valence-electron chi connectivity index (χ2n) is 14.1. The van der Waals surface area contributed by atoms with E-state index in [0.717, 1.165) is 52.4 Å². The van der Waals surface area contributed by atoms with E-state index in [2.05, 4.69) is 75.0 Å². The van der Waals surface area contributed by atoms with Crippen molar-refractivity contribution in [2.24, 2.45) is 0 Å². The van der Waals surface area contributed by atoms with Crippen LogP contribution in [0.2, 0.25) is 0 Å². The molecular weight excluding hydrogens is 592 g/mol. The van der Waals surface area contributed by atoms with Crippen LogP contribution in [-0.4, -0.2) is 158 Å². The summed E-state index contributed by atoms with van der Waals surface area (Å²) in [6.45, 7) is 23.9. The summed E-state index contributed by atoms with van der Waals surface area (Å²) >= 11 is 0. The first kappa shape index (κ1) is 37.2. The summed E-state index contributed by atoms with van der Waals surface area (Å²) in [5.74, 6) is -1.10. The molecule has 46 heavy (non-hydrogen) atoms. The van der Waals surface area contributed by atoms with E-state index in [1.165, 1.54) is 12.2 Å². The maximum Gasteiger partial charge on any atom is 0.331 e. The highest BCUT2D eigenvalue weighted by Gasteiger charge is 2.36.